The molecule has 1 aromatic rings. The largest absolute Gasteiger partial charge is 0.492 e. The lowest BCUT2D eigenvalue weighted by molar-refractivity contribution is -0.127. The van der Waals surface area contributed by atoms with E-state index < -0.39 is 0 Å². The fraction of sp³-hybridized carbons (Fsp3) is 0.385. The molecule has 0 radical (unpaired) electrons. The van der Waals surface area contributed by atoms with Crippen molar-refractivity contribution in [1.29, 1.82) is 0 Å². The monoisotopic (exact) mass is 350 g/mol. The number of nitrogens with one attached hydrogen (secondary N) is 2. The Labute approximate surface area is 137 Å². The standard InChI is InChI=1S/C13H16Cl2N2O3S/c1-21-8-13(19)17-16-12(18)3-2-6-20-11-5-4-9(14)7-10(11)15/h4-5,7H,2-3,6,8H2,1H3,(H,16,18)(H,17,19). The smallest absolute Gasteiger partial charge is 0.248 e. The van der Waals surface area contributed by atoms with Crippen molar-refractivity contribution in [3.8, 4) is 5.75 Å². The van der Waals surface area contributed by atoms with Gasteiger partial charge in [-0.05, 0) is 30.9 Å². The number of hydrazine groups is 1. The Balaban J connectivity index is 2.18. The third kappa shape index (κ3) is 7.45. The van der Waals surface area contributed by atoms with Gasteiger partial charge in [0.05, 0.1) is 17.4 Å². The van der Waals surface area contributed by atoms with Gasteiger partial charge in [0, 0.05) is 11.4 Å². The zero-order valence-electron chi connectivity index (χ0n) is 11.4. The molecular weight excluding hydrogens is 335 g/mol. The summed E-state index contributed by atoms with van der Waals surface area (Å²) in [7, 11) is 0. The number of hydrogen-bond donors (Lipinski definition) is 2. The molecule has 116 valence electrons. The van der Waals surface area contributed by atoms with E-state index in [1.54, 1.807) is 24.5 Å². The Kier molecular flexibility index (Phi) is 8.34. The van der Waals surface area contributed by atoms with Gasteiger partial charge in [-0.15, -0.1) is 0 Å². The van der Waals surface area contributed by atoms with Crippen LogP contribution in [-0.4, -0.2) is 30.4 Å². The first-order chi connectivity index (χ1) is 10.0. The minimum Gasteiger partial charge on any atom is -0.492 e. The lowest BCUT2D eigenvalue weighted by Crippen LogP contribution is -2.42. The Morgan fingerprint density at radius 1 is 1.24 bits per heavy atom. The summed E-state index contributed by atoms with van der Waals surface area (Å²) in [5, 5.41) is 0.962. The summed E-state index contributed by atoms with van der Waals surface area (Å²) < 4.78 is 5.45. The molecule has 0 heterocycles. The number of carbonyl (C=O) groups is 2. The van der Waals surface area contributed by atoms with Crippen LogP contribution in [0.25, 0.3) is 0 Å². The summed E-state index contributed by atoms with van der Waals surface area (Å²) in [6.07, 6.45) is 2.55. The van der Waals surface area contributed by atoms with Crippen molar-refractivity contribution in [2.24, 2.45) is 0 Å². The van der Waals surface area contributed by atoms with E-state index in [2.05, 4.69) is 10.9 Å². The Morgan fingerprint density at radius 2 is 1.95 bits per heavy atom. The lowest BCUT2D eigenvalue weighted by atomic mass is 10.3. The van der Waals surface area contributed by atoms with Crippen LogP contribution in [0, 0.1) is 0 Å². The van der Waals surface area contributed by atoms with E-state index in [9.17, 15) is 9.59 Å². The number of amides is 2. The first-order valence-corrected chi connectivity index (χ1v) is 8.32. The maximum atomic E-state index is 11.4. The number of benzene rings is 1. The number of hydrogen-bond acceptors (Lipinski definition) is 4. The number of carbonyl (C=O) groups excluding carboxylic acids is 2. The third-order valence-corrected chi connectivity index (χ3v) is 3.40. The predicted octanol–water partition coefficient (Wildman–Crippen LogP) is 2.66. The van der Waals surface area contributed by atoms with Gasteiger partial charge >= 0.3 is 0 Å². The predicted molar refractivity (Wildman–Crippen MR) is 85.9 cm³/mol. The van der Waals surface area contributed by atoms with Gasteiger partial charge in [0.2, 0.25) is 11.8 Å². The van der Waals surface area contributed by atoms with Crippen molar-refractivity contribution in [2.75, 3.05) is 18.6 Å². The number of thioether (sulfide) groups is 1. The van der Waals surface area contributed by atoms with Crippen LogP contribution in [0.2, 0.25) is 10.0 Å². The zero-order valence-corrected chi connectivity index (χ0v) is 13.8. The quantitative estimate of drug-likeness (QED) is 0.586. The second kappa shape index (κ2) is 9.76. The molecule has 0 aliphatic heterocycles. The first kappa shape index (κ1) is 17.9. The van der Waals surface area contributed by atoms with E-state index in [1.165, 1.54) is 11.8 Å². The van der Waals surface area contributed by atoms with E-state index in [4.69, 9.17) is 27.9 Å². The zero-order chi connectivity index (χ0) is 15.7. The summed E-state index contributed by atoms with van der Waals surface area (Å²) in [6, 6.07) is 4.94. The normalized spacial score (nSPS) is 10.0. The summed E-state index contributed by atoms with van der Waals surface area (Å²) in [6.45, 7) is 0.341. The van der Waals surface area contributed by atoms with Gasteiger partial charge in [-0.3, -0.25) is 20.4 Å². The van der Waals surface area contributed by atoms with Crippen molar-refractivity contribution >= 4 is 46.8 Å². The van der Waals surface area contributed by atoms with Gasteiger partial charge in [-0.1, -0.05) is 23.2 Å². The fourth-order valence-electron chi connectivity index (χ4n) is 1.38. The summed E-state index contributed by atoms with van der Waals surface area (Å²) >= 11 is 13.1. The average Bonchev–Trinajstić information content (AvgIpc) is 2.43. The molecule has 0 aliphatic carbocycles. The SMILES string of the molecule is CSCC(=O)NNC(=O)CCCOc1ccc(Cl)cc1Cl. The molecular formula is C13H16Cl2N2O3S. The number of halogens is 2. The van der Waals surface area contributed by atoms with Gasteiger partial charge in [0.15, 0.2) is 0 Å². The minimum atomic E-state index is -0.268. The average molecular weight is 351 g/mol. The molecule has 2 amide bonds. The van der Waals surface area contributed by atoms with Gasteiger partial charge in [-0.2, -0.15) is 11.8 Å². The molecule has 5 nitrogen and oxygen atoms in total. The van der Waals surface area contributed by atoms with Crippen LogP contribution >= 0.6 is 35.0 Å². The first-order valence-electron chi connectivity index (χ1n) is 6.17. The van der Waals surface area contributed by atoms with E-state index in [1.807, 2.05) is 0 Å². The fourth-order valence-corrected chi connectivity index (χ4v) is 2.17. The molecule has 1 rings (SSSR count). The molecule has 8 heteroatoms. The van der Waals surface area contributed by atoms with Crippen molar-refractivity contribution in [3.05, 3.63) is 28.2 Å². The number of rotatable bonds is 7. The Bertz CT molecular complexity index is 500. The molecule has 0 aromatic heterocycles. The molecule has 0 spiro atoms. The van der Waals surface area contributed by atoms with E-state index >= 15 is 0 Å². The van der Waals surface area contributed by atoms with Crippen LogP contribution in [-0.2, 0) is 9.59 Å². The highest BCUT2D eigenvalue weighted by Crippen LogP contribution is 2.27. The van der Waals surface area contributed by atoms with E-state index in [-0.39, 0.29) is 18.2 Å². The highest BCUT2D eigenvalue weighted by molar-refractivity contribution is 7.99. The van der Waals surface area contributed by atoms with Crippen LogP contribution in [0.5, 0.6) is 5.75 Å². The van der Waals surface area contributed by atoms with E-state index in [0.717, 1.165) is 0 Å². The van der Waals surface area contributed by atoms with Crippen molar-refractivity contribution in [3.63, 3.8) is 0 Å². The topological polar surface area (TPSA) is 67.4 Å². The second-order valence-corrected chi connectivity index (χ2v) is 5.77. The molecule has 2 N–H and O–H groups in total. The van der Waals surface area contributed by atoms with Gasteiger partial charge in [0.25, 0.3) is 0 Å². The van der Waals surface area contributed by atoms with Crippen LogP contribution < -0.4 is 15.6 Å². The van der Waals surface area contributed by atoms with Gasteiger partial charge in [0.1, 0.15) is 5.75 Å². The summed E-state index contributed by atoms with van der Waals surface area (Å²) in [5.74, 6) is 0.323. The van der Waals surface area contributed by atoms with Crippen LogP contribution in [0.1, 0.15) is 12.8 Å². The van der Waals surface area contributed by atoms with Gasteiger partial charge < -0.3 is 4.74 Å². The Morgan fingerprint density at radius 3 is 2.62 bits per heavy atom. The molecule has 0 saturated heterocycles. The molecule has 0 aliphatic rings. The van der Waals surface area contributed by atoms with Crippen LogP contribution in [0.15, 0.2) is 18.2 Å². The third-order valence-electron chi connectivity index (χ3n) is 2.32. The second-order valence-electron chi connectivity index (χ2n) is 4.06. The molecule has 0 bridgehead atoms. The van der Waals surface area contributed by atoms with Gasteiger partial charge in [-0.25, -0.2) is 0 Å². The van der Waals surface area contributed by atoms with Crippen molar-refractivity contribution < 1.29 is 14.3 Å². The molecule has 0 atom stereocenters. The van der Waals surface area contributed by atoms with Crippen LogP contribution in [0.4, 0.5) is 0 Å². The summed E-state index contributed by atoms with van der Waals surface area (Å²) in [5.41, 5.74) is 4.66. The molecule has 0 saturated carbocycles. The highest BCUT2D eigenvalue weighted by atomic mass is 35.5. The molecule has 1 aromatic carbocycles. The molecule has 0 unspecified atom stereocenters. The minimum absolute atomic E-state index is 0.236. The maximum absolute atomic E-state index is 11.4. The van der Waals surface area contributed by atoms with Crippen LogP contribution in [0.3, 0.4) is 0 Å². The maximum Gasteiger partial charge on any atom is 0.248 e. The lowest BCUT2D eigenvalue weighted by Gasteiger charge is -2.09. The number of ether oxygens (including phenoxy) is 1. The van der Waals surface area contributed by atoms with Crippen molar-refractivity contribution in [2.45, 2.75) is 12.8 Å². The summed E-state index contributed by atoms with van der Waals surface area (Å²) in [4.78, 5) is 22.6. The Hall–Kier alpha value is -1.11. The van der Waals surface area contributed by atoms with Crippen molar-refractivity contribution in [1.82, 2.24) is 10.9 Å². The molecule has 0 fully saturated rings. The highest BCUT2D eigenvalue weighted by Gasteiger charge is 2.05. The molecule has 21 heavy (non-hydrogen) atoms. The van der Waals surface area contributed by atoms with E-state index in [0.29, 0.717) is 34.6 Å².